The van der Waals surface area contributed by atoms with Gasteiger partial charge in [0.2, 0.25) is 15.9 Å². The van der Waals surface area contributed by atoms with E-state index in [9.17, 15) is 22.4 Å². The third-order valence-corrected chi connectivity index (χ3v) is 7.39. The second-order valence-corrected chi connectivity index (χ2v) is 11.2. The predicted octanol–water partition coefficient (Wildman–Crippen LogP) is 3.52. The van der Waals surface area contributed by atoms with Crippen LogP contribution in [0.15, 0.2) is 77.7 Å². The Morgan fingerprint density at radius 1 is 0.974 bits per heavy atom. The minimum absolute atomic E-state index is 0.0171. The molecule has 3 aromatic carbocycles. The number of ether oxygens (including phenoxy) is 2. The summed E-state index contributed by atoms with van der Waals surface area (Å²) in [7, 11) is -1.19. The lowest BCUT2D eigenvalue weighted by Gasteiger charge is -2.25. The number of carbonyl (C=O) groups is 2. The highest BCUT2D eigenvalue weighted by Crippen LogP contribution is 2.28. The maximum atomic E-state index is 13.3. The van der Waals surface area contributed by atoms with Crippen LogP contribution in [0.1, 0.15) is 29.8 Å². The lowest BCUT2D eigenvalue weighted by atomic mass is 10.0. The van der Waals surface area contributed by atoms with Gasteiger partial charge in [0.15, 0.2) is 0 Å². The summed E-state index contributed by atoms with van der Waals surface area (Å²) in [5.74, 6) is -1.55. The first kappa shape index (κ1) is 29.8. The molecule has 0 saturated carbocycles. The van der Waals surface area contributed by atoms with Crippen molar-refractivity contribution in [3.63, 3.8) is 0 Å². The summed E-state index contributed by atoms with van der Waals surface area (Å²) in [4.78, 5) is 26.0. The molecule has 0 aliphatic heterocycles. The lowest BCUT2D eigenvalue weighted by Crippen LogP contribution is -2.46. The fourth-order valence-electron chi connectivity index (χ4n) is 3.91. The zero-order chi connectivity index (χ0) is 28.6. The monoisotopic (exact) mass is 557 g/mol. The molecule has 3 rings (SSSR count). The van der Waals surface area contributed by atoms with E-state index in [0.29, 0.717) is 0 Å². The van der Waals surface area contributed by atoms with Crippen LogP contribution in [0.5, 0.6) is 5.75 Å². The molecule has 0 radical (unpaired) electrons. The number of hydrogen-bond donors (Lipinski definition) is 3. The first-order chi connectivity index (χ1) is 18.4. The maximum absolute atomic E-state index is 13.3. The van der Waals surface area contributed by atoms with E-state index in [1.54, 1.807) is 13.8 Å². The minimum Gasteiger partial charge on any atom is -0.495 e. The van der Waals surface area contributed by atoms with Gasteiger partial charge in [0.1, 0.15) is 22.5 Å². The smallest absolute Gasteiger partial charge is 0.251 e. The van der Waals surface area contributed by atoms with Crippen LogP contribution >= 0.6 is 0 Å². The van der Waals surface area contributed by atoms with Gasteiger partial charge in [-0.15, -0.1) is 0 Å². The number of sulfonamides is 1. The Labute approximate surface area is 227 Å². The molecule has 39 heavy (non-hydrogen) atoms. The summed E-state index contributed by atoms with van der Waals surface area (Å²) in [6.07, 6.45) is 0.182. The molecule has 3 aromatic rings. The van der Waals surface area contributed by atoms with Crippen LogP contribution in [0.4, 0.5) is 10.1 Å². The van der Waals surface area contributed by atoms with Gasteiger partial charge in [-0.05, 0) is 55.8 Å². The number of hydrogen-bond acceptors (Lipinski definition) is 6. The molecule has 0 aromatic heterocycles. The van der Waals surface area contributed by atoms with Gasteiger partial charge in [-0.3, -0.25) is 9.59 Å². The molecular weight excluding hydrogens is 525 g/mol. The van der Waals surface area contributed by atoms with Crippen LogP contribution in [-0.2, 0) is 26.0 Å². The quantitative estimate of drug-likeness (QED) is 0.313. The number of methoxy groups -OCH3 is 2. The minimum atomic E-state index is -3.99. The predicted molar refractivity (Wildman–Crippen MR) is 146 cm³/mol. The SMILES string of the molecule is COCC(C)(C)NS(=O)(=O)c1ccc(NC(=O)[C@H](Cc2ccccc2)NC(=O)c2ccc(F)cc2)cc1OC. The second kappa shape index (κ2) is 12.8. The molecule has 0 spiro atoms. The van der Waals surface area contributed by atoms with Crippen LogP contribution in [0.2, 0.25) is 0 Å². The van der Waals surface area contributed by atoms with Crippen molar-refractivity contribution in [3.05, 3.63) is 89.7 Å². The maximum Gasteiger partial charge on any atom is 0.251 e. The number of amides is 2. The molecule has 0 saturated heterocycles. The first-order valence-corrected chi connectivity index (χ1v) is 13.5. The van der Waals surface area contributed by atoms with E-state index in [-0.39, 0.29) is 34.9 Å². The summed E-state index contributed by atoms with van der Waals surface area (Å²) in [5.41, 5.74) is 0.392. The molecular formula is C28H32FN3O6S. The van der Waals surface area contributed by atoms with Crippen LogP contribution < -0.4 is 20.1 Å². The zero-order valence-corrected chi connectivity index (χ0v) is 23.0. The Morgan fingerprint density at radius 3 is 2.26 bits per heavy atom. The number of nitrogens with one attached hydrogen (secondary N) is 3. The van der Waals surface area contributed by atoms with Gasteiger partial charge in [-0.2, -0.15) is 0 Å². The van der Waals surface area contributed by atoms with Crippen molar-refractivity contribution in [3.8, 4) is 5.75 Å². The highest BCUT2D eigenvalue weighted by Gasteiger charge is 2.29. The molecule has 9 nitrogen and oxygen atoms in total. The van der Waals surface area contributed by atoms with Gasteiger partial charge < -0.3 is 20.1 Å². The average molecular weight is 558 g/mol. The van der Waals surface area contributed by atoms with Crippen molar-refractivity contribution in [2.75, 3.05) is 26.1 Å². The fourth-order valence-corrected chi connectivity index (χ4v) is 5.46. The molecule has 2 amide bonds. The molecule has 0 bridgehead atoms. The summed E-state index contributed by atoms with van der Waals surface area (Å²) < 4.78 is 52.3. The Kier molecular flexibility index (Phi) is 9.79. The van der Waals surface area contributed by atoms with Crippen molar-refractivity contribution in [2.24, 2.45) is 0 Å². The summed E-state index contributed by atoms with van der Waals surface area (Å²) in [6, 6.07) is 17.2. The number of halogens is 1. The van der Waals surface area contributed by atoms with Crippen LogP contribution in [0.25, 0.3) is 0 Å². The molecule has 11 heteroatoms. The van der Waals surface area contributed by atoms with Gasteiger partial charge in [0, 0.05) is 30.8 Å². The van der Waals surface area contributed by atoms with Gasteiger partial charge in [0.25, 0.3) is 5.91 Å². The Morgan fingerprint density at radius 2 is 1.64 bits per heavy atom. The van der Waals surface area contributed by atoms with E-state index in [1.165, 1.54) is 44.6 Å². The normalized spacial score (nSPS) is 12.4. The molecule has 0 fully saturated rings. The lowest BCUT2D eigenvalue weighted by molar-refractivity contribution is -0.118. The molecule has 1 atom stereocenters. The molecule has 0 heterocycles. The van der Waals surface area contributed by atoms with E-state index in [4.69, 9.17) is 9.47 Å². The first-order valence-electron chi connectivity index (χ1n) is 12.1. The molecule has 3 N–H and O–H groups in total. The highest BCUT2D eigenvalue weighted by atomic mass is 32.2. The van der Waals surface area contributed by atoms with Gasteiger partial charge >= 0.3 is 0 Å². The van der Waals surface area contributed by atoms with E-state index >= 15 is 0 Å². The Bertz CT molecular complexity index is 1400. The Balaban J connectivity index is 1.84. The summed E-state index contributed by atoms with van der Waals surface area (Å²) in [5, 5.41) is 5.42. The van der Waals surface area contributed by atoms with Gasteiger partial charge in [-0.25, -0.2) is 17.5 Å². The largest absolute Gasteiger partial charge is 0.495 e. The van der Waals surface area contributed by atoms with Gasteiger partial charge in [0.05, 0.1) is 19.3 Å². The van der Waals surface area contributed by atoms with Crippen molar-refractivity contribution in [1.82, 2.24) is 10.0 Å². The Hall–Kier alpha value is -3.80. The zero-order valence-electron chi connectivity index (χ0n) is 22.2. The highest BCUT2D eigenvalue weighted by molar-refractivity contribution is 7.89. The number of benzene rings is 3. The molecule has 0 unspecified atom stereocenters. The van der Waals surface area contributed by atoms with Crippen molar-refractivity contribution in [2.45, 2.75) is 36.7 Å². The summed E-state index contributed by atoms with van der Waals surface area (Å²) in [6.45, 7) is 3.51. The average Bonchev–Trinajstić information content (AvgIpc) is 2.88. The van der Waals surface area contributed by atoms with Crippen LogP contribution in [-0.4, -0.2) is 52.6 Å². The molecule has 208 valence electrons. The van der Waals surface area contributed by atoms with E-state index in [2.05, 4.69) is 15.4 Å². The number of carbonyl (C=O) groups excluding carboxylic acids is 2. The van der Waals surface area contributed by atoms with E-state index in [1.807, 2.05) is 30.3 Å². The number of anilines is 1. The van der Waals surface area contributed by atoms with E-state index < -0.39 is 39.2 Å². The molecule has 0 aliphatic carbocycles. The third kappa shape index (κ3) is 8.34. The fraction of sp³-hybridized carbons (Fsp3) is 0.286. The second-order valence-electron chi connectivity index (χ2n) is 9.50. The van der Waals surface area contributed by atoms with Crippen molar-refractivity contribution < 1.29 is 31.9 Å². The molecule has 0 aliphatic rings. The third-order valence-electron chi connectivity index (χ3n) is 5.65. The topological polar surface area (TPSA) is 123 Å². The standard InChI is InChI=1S/C28H32FN3O6S/c1-28(2,18-37-3)32-39(35,36)25-15-14-22(17-24(25)38-4)30-27(34)23(16-19-8-6-5-7-9-19)31-26(33)20-10-12-21(29)13-11-20/h5-15,17,23,32H,16,18H2,1-4H3,(H,30,34)(H,31,33)/t23-/m0/s1. The summed E-state index contributed by atoms with van der Waals surface area (Å²) >= 11 is 0. The van der Waals surface area contributed by atoms with E-state index in [0.717, 1.165) is 17.7 Å². The van der Waals surface area contributed by atoms with Crippen molar-refractivity contribution >= 4 is 27.5 Å². The van der Waals surface area contributed by atoms with Gasteiger partial charge in [-0.1, -0.05) is 30.3 Å². The van der Waals surface area contributed by atoms with Crippen LogP contribution in [0, 0.1) is 5.82 Å². The van der Waals surface area contributed by atoms with Crippen molar-refractivity contribution in [1.29, 1.82) is 0 Å². The number of rotatable bonds is 12. The van der Waals surface area contributed by atoms with Crippen LogP contribution in [0.3, 0.4) is 0 Å².